The molecule has 3 heterocycles. The minimum atomic E-state index is 0.0524. The van der Waals surface area contributed by atoms with E-state index in [1.165, 1.54) is 0 Å². The summed E-state index contributed by atoms with van der Waals surface area (Å²) in [5, 5.41) is 8.09. The van der Waals surface area contributed by atoms with Crippen molar-refractivity contribution in [2.75, 3.05) is 31.1 Å². The van der Waals surface area contributed by atoms with Crippen LogP contribution in [-0.2, 0) is 17.6 Å². The topological polar surface area (TPSA) is 88.5 Å². The summed E-state index contributed by atoms with van der Waals surface area (Å²) in [7, 11) is 0. The number of rotatable bonds is 5. The van der Waals surface area contributed by atoms with Crippen LogP contribution in [0.25, 0.3) is 11.5 Å². The molecule has 0 atom stereocenters. The molecule has 1 fully saturated rings. The molecule has 29 heavy (non-hydrogen) atoms. The molecule has 1 aliphatic heterocycles. The molecule has 0 bridgehead atoms. The first kappa shape index (κ1) is 19.2. The van der Waals surface area contributed by atoms with Crippen LogP contribution in [0.5, 0.6) is 0 Å². The van der Waals surface area contributed by atoms with Crippen LogP contribution in [0.3, 0.4) is 0 Å². The van der Waals surface area contributed by atoms with Crippen LogP contribution >= 0.6 is 0 Å². The number of oxazole rings is 1. The number of amides is 1. The Hall–Kier alpha value is -3.16. The van der Waals surface area contributed by atoms with Crippen LogP contribution in [-0.4, -0.2) is 52.2 Å². The van der Waals surface area contributed by atoms with E-state index in [-0.39, 0.29) is 12.3 Å². The third kappa shape index (κ3) is 4.16. The molecule has 0 N–H and O–H groups in total. The van der Waals surface area contributed by atoms with E-state index in [0.29, 0.717) is 61.9 Å². The van der Waals surface area contributed by atoms with Gasteiger partial charge in [0.25, 0.3) is 0 Å². The van der Waals surface area contributed by atoms with Crippen molar-refractivity contribution in [2.24, 2.45) is 0 Å². The second kappa shape index (κ2) is 8.06. The molecule has 3 aromatic rings. The summed E-state index contributed by atoms with van der Waals surface area (Å²) in [6.45, 7) is 8.43. The third-order valence-electron chi connectivity index (χ3n) is 5.14. The number of piperazine rings is 1. The van der Waals surface area contributed by atoms with E-state index in [0.717, 1.165) is 11.1 Å². The first-order valence-corrected chi connectivity index (χ1v) is 9.92. The number of hydrogen-bond acceptors (Lipinski definition) is 7. The molecule has 1 amide bonds. The van der Waals surface area contributed by atoms with Crippen molar-refractivity contribution in [3.05, 3.63) is 47.2 Å². The largest absolute Gasteiger partial charge is 0.441 e. The summed E-state index contributed by atoms with van der Waals surface area (Å²) in [6, 6.07) is 8.52. The zero-order valence-electron chi connectivity index (χ0n) is 17.0. The molecule has 8 nitrogen and oxygen atoms in total. The Morgan fingerprint density at radius 2 is 1.90 bits per heavy atom. The minimum Gasteiger partial charge on any atom is -0.441 e. The number of benzene rings is 1. The summed E-state index contributed by atoms with van der Waals surface area (Å²) in [6.07, 6.45) is 0.953. The normalized spacial score (nSPS) is 14.4. The number of carbonyl (C=O) groups excluding carboxylic acids is 1. The van der Waals surface area contributed by atoms with Crippen LogP contribution in [0.1, 0.15) is 29.8 Å². The average molecular weight is 395 g/mol. The average Bonchev–Trinajstić information content (AvgIpc) is 3.35. The van der Waals surface area contributed by atoms with Gasteiger partial charge in [0, 0.05) is 38.2 Å². The molecule has 0 spiro atoms. The monoisotopic (exact) mass is 395 g/mol. The van der Waals surface area contributed by atoms with E-state index in [4.69, 9.17) is 8.83 Å². The van der Waals surface area contributed by atoms with Gasteiger partial charge in [0.2, 0.25) is 17.7 Å². The Morgan fingerprint density at radius 1 is 1.10 bits per heavy atom. The van der Waals surface area contributed by atoms with Crippen LogP contribution in [0, 0.1) is 13.8 Å². The number of anilines is 1. The lowest BCUT2D eigenvalue weighted by atomic mass is 10.1. The molecule has 1 aromatic carbocycles. The van der Waals surface area contributed by atoms with Crippen molar-refractivity contribution >= 4 is 11.9 Å². The Morgan fingerprint density at radius 3 is 2.59 bits per heavy atom. The van der Waals surface area contributed by atoms with E-state index >= 15 is 0 Å². The molecule has 0 unspecified atom stereocenters. The molecule has 0 aliphatic carbocycles. The summed E-state index contributed by atoms with van der Waals surface area (Å²) in [5.41, 5.74) is 2.76. The zero-order chi connectivity index (χ0) is 20.4. The van der Waals surface area contributed by atoms with Crippen molar-refractivity contribution in [3.63, 3.8) is 0 Å². The fourth-order valence-electron chi connectivity index (χ4n) is 3.41. The lowest BCUT2D eigenvalue weighted by Crippen LogP contribution is -2.49. The molecule has 1 aliphatic rings. The zero-order valence-corrected chi connectivity index (χ0v) is 17.0. The van der Waals surface area contributed by atoms with Crippen LogP contribution < -0.4 is 4.90 Å². The molecule has 2 aromatic heterocycles. The second-order valence-corrected chi connectivity index (χ2v) is 7.27. The van der Waals surface area contributed by atoms with Gasteiger partial charge in [-0.05, 0) is 26.0 Å². The molecule has 0 radical (unpaired) electrons. The van der Waals surface area contributed by atoms with E-state index < -0.39 is 0 Å². The Kier molecular flexibility index (Phi) is 5.33. The maximum absolute atomic E-state index is 12.8. The fourth-order valence-corrected chi connectivity index (χ4v) is 3.41. The quantitative estimate of drug-likeness (QED) is 0.656. The van der Waals surface area contributed by atoms with Gasteiger partial charge in [-0.1, -0.05) is 29.7 Å². The summed E-state index contributed by atoms with van der Waals surface area (Å²) in [4.78, 5) is 21.2. The Bertz CT molecular complexity index is 1000. The van der Waals surface area contributed by atoms with Crippen LogP contribution in [0.15, 0.2) is 33.1 Å². The SMILES string of the molecule is CCc1nnc(N2CCN(C(=O)Cc3nc(-c4cccc(C)c4)oc3C)CC2)o1. The van der Waals surface area contributed by atoms with Crippen molar-refractivity contribution in [3.8, 4) is 11.5 Å². The molecular formula is C21H25N5O3. The number of aryl methyl sites for hydroxylation is 3. The van der Waals surface area contributed by atoms with E-state index in [1.807, 2.05) is 54.8 Å². The van der Waals surface area contributed by atoms with E-state index in [2.05, 4.69) is 15.2 Å². The van der Waals surface area contributed by atoms with Crippen molar-refractivity contribution in [1.82, 2.24) is 20.1 Å². The van der Waals surface area contributed by atoms with Gasteiger partial charge < -0.3 is 18.6 Å². The predicted octanol–water partition coefficient (Wildman–Crippen LogP) is 2.80. The van der Waals surface area contributed by atoms with Gasteiger partial charge in [0.05, 0.1) is 12.1 Å². The fraction of sp³-hybridized carbons (Fsp3) is 0.429. The number of carbonyl (C=O) groups is 1. The maximum atomic E-state index is 12.8. The summed E-state index contributed by atoms with van der Waals surface area (Å²) < 4.78 is 11.4. The van der Waals surface area contributed by atoms with Crippen molar-refractivity contribution < 1.29 is 13.6 Å². The van der Waals surface area contributed by atoms with Crippen molar-refractivity contribution in [1.29, 1.82) is 0 Å². The van der Waals surface area contributed by atoms with Crippen molar-refractivity contribution in [2.45, 2.75) is 33.6 Å². The molecule has 8 heteroatoms. The maximum Gasteiger partial charge on any atom is 0.318 e. The van der Waals surface area contributed by atoms with Gasteiger partial charge >= 0.3 is 6.01 Å². The van der Waals surface area contributed by atoms with Crippen LogP contribution in [0.2, 0.25) is 0 Å². The molecule has 152 valence electrons. The first-order valence-electron chi connectivity index (χ1n) is 9.92. The van der Waals surface area contributed by atoms with E-state index in [1.54, 1.807) is 0 Å². The lowest BCUT2D eigenvalue weighted by Gasteiger charge is -2.33. The van der Waals surface area contributed by atoms with Gasteiger partial charge in [0.15, 0.2) is 0 Å². The number of hydrogen-bond donors (Lipinski definition) is 0. The number of nitrogens with zero attached hydrogens (tertiary/aromatic N) is 5. The Balaban J connectivity index is 1.38. The van der Waals surface area contributed by atoms with Gasteiger partial charge in [0.1, 0.15) is 5.76 Å². The standard InChI is InChI=1S/C21H25N5O3/c1-4-18-23-24-21(29-18)26-10-8-25(9-11-26)19(27)13-17-15(3)28-20(22-17)16-7-5-6-14(2)12-16/h5-7,12H,4,8-11,13H2,1-3H3. The Labute approximate surface area is 169 Å². The highest BCUT2D eigenvalue weighted by molar-refractivity contribution is 5.79. The predicted molar refractivity (Wildman–Crippen MR) is 108 cm³/mol. The number of aromatic nitrogens is 3. The molecular weight excluding hydrogens is 370 g/mol. The second-order valence-electron chi connectivity index (χ2n) is 7.27. The minimum absolute atomic E-state index is 0.0524. The summed E-state index contributed by atoms with van der Waals surface area (Å²) >= 11 is 0. The summed E-state index contributed by atoms with van der Waals surface area (Å²) in [5.74, 6) is 1.93. The highest BCUT2D eigenvalue weighted by Gasteiger charge is 2.25. The van der Waals surface area contributed by atoms with Gasteiger partial charge in [-0.3, -0.25) is 4.79 Å². The molecule has 1 saturated heterocycles. The molecule has 4 rings (SSSR count). The highest BCUT2D eigenvalue weighted by Crippen LogP contribution is 2.23. The highest BCUT2D eigenvalue weighted by atomic mass is 16.4. The first-order chi connectivity index (χ1) is 14.0. The van der Waals surface area contributed by atoms with Crippen LogP contribution in [0.4, 0.5) is 6.01 Å². The smallest absolute Gasteiger partial charge is 0.318 e. The van der Waals surface area contributed by atoms with Gasteiger partial charge in [-0.2, -0.15) is 0 Å². The molecule has 0 saturated carbocycles. The third-order valence-corrected chi connectivity index (χ3v) is 5.14. The van der Waals surface area contributed by atoms with E-state index in [9.17, 15) is 4.79 Å². The lowest BCUT2D eigenvalue weighted by molar-refractivity contribution is -0.130. The van der Waals surface area contributed by atoms with Gasteiger partial charge in [-0.25, -0.2) is 4.98 Å². The van der Waals surface area contributed by atoms with Gasteiger partial charge in [-0.15, -0.1) is 5.10 Å².